The predicted molar refractivity (Wildman–Crippen MR) is 106 cm³/mol. The number of hydrogen-bond donors (Lipinski definition) is 3. The van der Waals surface area contributed by atoms with Crippen LogP contribution in [0.4, 0.5) is 0 Å². The van der Waals surface area contributed by atoms with E-state index in [2.05, 4.69) is 22.2 Å². The summed E-state index contributed by atoms with van der Waals surface area (Å²) in [5.74, 6) is -0.825. The highest BCUT2D eigenvalue weighted by molar-refractivity contribution is 5.96. The molecule has 0 spiro atoms. The first-order valence-corrected chi connectivity index (χ1v) is 9.84. The first kappa shape index (κ1) is 21.5. The van der Waals surface area contributed by atoms with Crippen molar-refractivity contribution >= 4 is 11.9 Å². The van der Waals surface area contributed by atoms with Crippen LogP contribution in [0.15, 0.2) is 36.8 Å². The molecule has 1 amide bonds. The number of aliphatic carboxylic acids is 1. The smallest absolute Gasteiger partial charge is 0.326 e. The van der Waals surface area contributed by atoms with E-state index in [9.17, 15) is 14.7 Å². The van der Waals surface area contributed by atoms with Crippen LogP contribution >= 0.6 is 0 Å². The summed E-state index contributed by atoms with van der Waals surface area (Å²) >= 11 is 0. The normalized spacial score (nSPS) is 11.8. The minimum absolute atomic E-state index is 0.139. The largest absolute Gasteiger partial charge is 0.494 e. The van der Waals surface area contributed by atoms with E-state index in [0.717, 1.165) is 12.8 Å². The van der Waals surface area contributed by atoms with Crippen molar-refractivity contribution in [3.05, 3.63) is 48.0 Å². The highest BCUT2D eigenvalue weighted by Crippen LogP contribution is 2.14. The van der Waals surface area contributed by atoms with Crippen LogP contribution in [0.25, 0.3) is 0 Å². The number of imidazole rings is 1. The lowest BCUT2D eigenvalue weighted by atomic mass is 10.1. The quantitative estimate of drug-likeness (QED) is 0.456. The maximum atomic E-state index is 12.3. The zero-order valence-corrected chi connectivity index (χ0v) is 16.3. The number of carbonyl (C=O) groups excluding carboxylic acids is 1. The van der Waals surface area contributed by atoms with Crippen molar-refractivity contribution in [1.29, 1.82) is 0 Å². The lowest BCUT2D eigenvalue weighted by molar-refractivity contribution is -0.139. The number of benzene rings is 1. The highest BCUT2D eigenvalue weighted by Gasteiger charge is 2.21. The Morgan fingerprint density at radius 3 is 2.50 bits per heavy atom. The Hall–Kier alpha value is -2.83. The number of unbranched alkanes of at least 4 members (excludes halogenated alkanes) is 5. The molecule has 1 atom stereocenters. The van der Waals surface area contributed by atoms with E-state index in [1.54, 1.807) is 24.3 Å². The molecule has 0 radical (unpaired) electrons. The third-order valence-corrected chi connectivity index (χ3v) is 4.47. The summed E-state index contributed by atoms with van der Waals surface area (Å²) in [5, 5.41) is 11.9. The van der Waals surface area contributed by atoms with Gasteiger partial charge in [-0.3, -0.25) is 4.79 Å². The number of aromatic amines is 1. The van der Waals surface area contributed by atoms with Gasteiger partial charge in [0, 0.05) is 23.9 Å². The second-order valence-electron chi connectivity index (χ2n) is 6.79. The highest BCUT2D eigenvalue weighted by atomic mass is 16.5. The summed E-state index contributed by atoms with van der Waals surface area (Å²) < 4.78 is 5.70. The molecular formula is C21H29N3O4. The predicted octanol–water partition coefficient (Wildman–Crippen LogP) is 3.57. The topological polar surface area (TPSA) is 104 Å². The van der Waals surface area contributed by atoms with Crippen molar-refractivity contribution in [2.75, 3.05) is 6.61 Å². The Morgan fingerprint density at radius 1 is 1.14 bits per heavy atom. The molecule has 0 aliphatic heterocycles. The maximum absolute atomic E-state index is 12.3. The second-order valence-corrected chi connectivity index (χ2v) is 6.79. The molecule has 152 valence electrons. The zero-order chi connectivity index (χ0) is 20.2. The Labute approximate surface area is 165 Å². The standard InChI is InChI=1S/C21H29N3O4/c1-2-3-4-5-6-7-12-28-18-10-8-16(9-11-18)20(25)24-19(21(26)27)13-17-14-22-15-23-17/h8-11,14-15,19H,2-7,12-13H2,1H3,(H,22,23)(H,24,25)(H,26,27)/t19-/m0/s1. The summed E-state index contributed by atoms with van der Waals surface area (Å²) in [7, 11) is 0. The molecule has 0 aliphatic rings. The molecule has 0 unspecified atom stereocenters. The van der Waals surface area contributed by atoms with Crippen molar-refractivity contribution in [2.24, 2.45) is 0 Å². The Morgan fingerprint density at radius 2 is 1.86 bits per heavy atom. The van der Waals surface area contributed by atoms with Gasteiger partial charge in [0.25, 0.3) is 5.91 Å². The van der Waals surface area contributed by atoms with Gasteiger partial charge in [0.1, 0.15) is 11.8 Å². The molecule has 1 aromatic heterocycles. The average molecular weight is 387 g/mol. The Kier molecular flexibility index (Phi) is 9.04. The van der Waals surface area contributed by atoms with Gasteiger partial charge in [-0.15, -0.1) is 0 Å². The van der Waals surface area contributed by atoms with Gasteiger partial charge in [-0.2, -0.15) is 0 Å². The van der Waals surface area contributed by atoms with Gasteiger partial charge in [-0.1, -0.05) is 39.0 Å². The van der Waals surface area contributed by atoms with Crippen LogP contribution in [-0.2, 0) is 11.2 Å². The lowest BCUT2D eigenvalue weighted by Crippen LogP contribution is -2.42. The monoisotopic (exact) mass is 387 g/mol. The first-order valence-electron chi connectivity index (χ1n) is 9.84. The van der Waals surface area contributed by atoms with Gasteiger partial charge < -0.3 is 20.1 Å². The molecule has 0 saturated carbocycles. The van der Waals surface area contributed by atoms with Gasteiger partial charge in [-0.25, -0.2) is 9.78 Å². The van der Waals surface area contributed by atoms with Gasteiger partial charge in [0.05, 0.1) is 12.9 Å². The number of carbonyl (C=O) groups is 2. The fourth-order valence-corrected chi connectivity index (χ4v) is 2.83. The van der Waals surface area contributed by atoms with E-state index < -0.39 is 17.9 Å². The molecule has 7 nitrogen and oxygen atoms in total. The van der Waals surface area contributed by atoms with Gasteiger partial charge in [-0.05, 0) is 30.7 Å². The van der Waals surface area contributed by atoms with Crippen LogP contribution in [0.2, 0.25) is 0 Å². The number of nitrogens with one attached hydrogen (secondary N) is 2. The van der Waals surface area contributed by atoms with Gasteiger partial charge in [0.15, 0.2) is 0 Å². The number of hydrogen-bond acceptors (Lipinski definition) is 4. The van der Waals surface area contributed by atoms with E-state index in [1.807, 2.05) is 0 Å². The van der Waals surface area contributed by atoms with E-state index in [4.69, 9.17) is 4.74 Å². The average Bonchev–Trinajstić information content (AvgIpc) is 3.20. The number of aromatic nitrogens is 2. The zero-order valence-electron chi connectivity index (χ0n) is 16.3. The molecule has 1 heterocycles. The van der Waals surface area contributed by atoms with Gasteiger partial charge >= 0.3 is 5.97 Å². The fraction of sp³-hybridized carbons (Fsp3) is 0.476. The maximum Gasteiger partial charge on any atom is 0.326 e. The molecule has 7 heteroatoms. The summed E-state index contributed by atoms with van der Waals surface area (Å²) in [6, 6.07) is 5.71. The third kappa shape index (κ3) is 7.42. The molecule has 0 saturated heterocycles. The minimum Gasteiger partial charge on any atom is -0.494 e. The van der Waals surface area contributed by atoms with Crippen LogP contribution in [0.1, 0.15) is 61.5 Å². The molecule has 2 aromatic rings. The second kappa shape index (κ2) is 11.8. The number of amides is 1. The number of carboxylic acid groups (broad SMARTS) is 1. The molecule has 1 aromatic carbocycles. The number of H-pyrrole nitrogens is 1. The number of nitrogens with zero attached hydrogens (tertiary/aromatic N) is 1. The van der Waals surface area contributed by atoms with Crippen molar-refractivity contribution in [2.45, 2.75) is 57.9 Å². The van der Waals surface area contributed by atoms with Crippen molar-refractivity contribution < 1.29 is 19.4 Å². The van der Waals surface area contributed by atoms with Crippen LogP contribution < -0.4 is 10.1 Å². The molecule has 0 bridgehead atoms. The summed E-state index contributed by atoms with van der Waals surface area (Å²) in [6.45, 7) is 2.86. The van der Waals surface area contributed by atoms with E-state index in [-0.39, 0.29) is 6.42 Å². The van der Waals surface area contributed by atoms with Crippen molar-refractivity contribution in [3.63, 3.8) is 0 Å². The van der Waals surface area contributed by atoms with Crippen LogP contribution in [-0.4, -0.2) is 39.6 Å². The van der Waals surface area contributed by atoms with Crippen molar-refractivity contribution in [1.82, 2.24) is 15.3 Å². The molecule has 28 heavy (non-hydrogen) atoms. The molecular weight excluding hydrogens is 358 g/mol. The summed E-state index contributed by atoms with van der Waals surface area (Å²) in [6.07, 6.45) is 10.4. The Bertz CT molecular complexity index is 714. The van der Waals surface area contributed by atoms with Crippen molar-refractivity contribution in [3.8, 4) is 5.75 Å². The minimum atomic E-state index is -1.10. The van der Waals surface area contributed by atoms with Gasteiger partial charge in [0.2, 0.25) is 0 Å². The first-order chi connectivity index (χ1) is 13.6. The summed E-state index contributed by atoms with van der Waals surface area (Å²) in [5.41, 5.74) is 1.04. The van der Waals surface area contributed by atoms with E-state index in [1.165, 1.54) is 38.2 Å². The SMILES string of the molecule is CCCCCCCCOc1ccc(C(=O)N[C@@H](Cc2cnc[nH]2)C(=O)O)cc1. The summed E-state index contributed by atoms with van der Waals surface area (Å²) in [4.78, 5) is 30.4. The molecule has 2 rings (SSSR count). The van der Waals surface area contributed by atoms with Crippen LogP contribution in [0.3, 0.4) is 0 Å². The number of carboxylic acids is 1. The lowest BCUT2D eigenvalue weighted by Gasteiger charge is -2.14. The fourth-order valence-electron chi connectivity index (χ4n) is 2.83. The Balaban J connectivity index is 1.78. The van der Waals surface area contributed by atoms with E-state index >= 15 is 0 Å². The number of ether oxygens (including phenoxy) is 1. The molecule has 3 N–H and O–H groups in total. The third-order valence-electron chi connectivity index (χ3n) is 4.47. The molecule has 0 fully saturated rings. The number of rotatable bonds is 13. The van der Waals surface area contributed by atoms with Crippen LogP contribution in [0, 0.1) is 0 Å². The van der Waals surface area contributed by atoms with E-state index in [0.29, 0.717) is 23.6 Å². The molecule has 0 aliphatic carbocycles. The van der Waals surface area contributed by atoms with Crippen LogP contribution in [0.5, 0.6) is 5.75 Å².